The Morgan fingerprint density at radius 1 is 0.886 bits per heavy atom. The zero-order chi connectivity index (χ0) is 32.2. The van der Waals surface area contributed by atoms with Crippen molar-refractivity contribution in [3.63, 3.8) is 0 Å². The van der Waals surface area contributed by atoms with Crippen LogP contribution in [0.2, 0.25) is 15.1 Å². The topological polar surface area (TPSA) is 111 Å². The molecule has 0 saturated carbocycles. The summed E-state index contributed by atoms with van der Waals surface area (Å²) in [6.07, 6.45) is 1.46. The first-order chi connectivity index (χ1) is 20.9. The fourth-order valence-electron chi connectivity index (χ4n) is 4.55. The molecule has 0 bridgehead atoms. The predicted molar refractivity (Wildman–Crippen MR) is 173 cm³/mol. The lowest BCUT2D eigenvalue weighted by atomic mass is 10.2. The highest BCUT2D eigenvalue weighted by Gasteiger charge is 2.31. The van der Waals surface area contributed by atoms with Crippen molar-refractivity contribution in [2.24, 2.45) is 5.10 Å². The van der Waals surface area contributed by atoms with Crippen molar-refractivity contribution in [1.82, 2.24) is 9.99 Å². The number of ether oxygens (including phenoxy) is 3. The Morgan fingerprint density at radius 2 is 1.52 bits per heavy atom. The van der Waals surface area contributed by atoms with Crippen molar-refractivity contribution in [2.45, 2.75) is 18.7 Å². The second-order valence-corrected chi connectivity index (χ2v) is 12.5. The van der Waals surface area contributed by atoms with E-state index in [9.17, 15) is 13.2 Å². The molecule has 0 unspecified atom stereocenters. The third kappa shape index (κ3) is 6.91. The molecule has 1 aromatic heterocycles. The molecular formula is C30H29Cl3N4O6S. The molecule has 3 aromatic carbocycles. The Kier molecular flexibility index (Phi) is 10.4. The average molecular weight is 680 g/mol. The van der Waals surface area contributed by atoms with Gasteiger partial charge in [-0.2, -0.15) is 5.10 Å². The van der Waals surface area contributed by atoms with E-state index in [4.69, 9.17) is 49.0 Å². The summed E-state index contributed by atoms with van der Waals surface area (Å²) in [5, 5.41) is 5.37. The van der Waals surface area contributed by atoms with Crippen LogP contribution in [0.15, 0.2) is 70.7 Å². The minimum Gasteiger partial charge on any atom is -0.495 e. The number of sulfonamides is 1. The van der Waals surface area contributed by atoms with Crippen LogP contribution in [-0.2, 0) is 14.8 Å². The van der Waals surface area contributed by atoms with E-state index >= 15 is 0 Å². The number of nitrogens with one attached hydrogen (secondary N) is 1. The number of benzene rings is 3. The molecule has 0 saturated heterocycles. The standard InChI is InChI=1S/C30H29Cl3N4O6S/c1-18-12-20(19(2)37(18)25-13-21(31)6-9-24(25)33)16-34-35-30(38)17-36(26-14-22(32)7-10-27(26)41-3)44(39,40)23-8-11-28(42-4)29(15-23)43-5/h6-16H,17H2,1-5H3,(H,35,38)/b34-16-. The van der Waals surface area contributed by atoms with Crippen LogP contribution in [0.4, 0.5) is 5.69 Å². The molecule has 1 N–H and O–H groups in total. The summed E-state index contributed by atoms with van der Waals surface area (Å²) in [5.41, 5.74) is 5.52. The average Bonchev–Trinajstić information content (AvgIpc) is 3.28. The molecule has 0 aliphatic heterocycles. The molecule has 14 heteroatoms. The van der Waals surface area contributed by atoms with E-state index in [2.05, 4.69) is 10.5 Å². The summed E-state index contributed by atoms with van der Waals surface area (Å²) in [5.74, 6) is -0.0133. The number of hydrazone groups is 1. The third-order valence-electron chi connectivity index (χ3n) is 6.65. The molecule has 4 aromatic rings. The Labute approximate surface area is 270 Å². The van der Waals surface area contributed by atoms with Crippen molar-refractivity contribution in [3.05, 3.63) is 92.7 Å². The van der Waals surface area contributed by atoms with Crippen molar-refractivity contribution < 1.29 is 27.4 Å². The van der Waals surface area contributed by atoms with E-state index in [1.54, 1.807) is 24.3 Å². The molecule has 0 fully saturated rings. The highest BCUT2D eigenvalue weighted by atomic mass is 35.5. The van der Waals surface area contributed by atoms with Crippen LogP contribution in [0.25, 0.3) is 5.69 Å². The van der Waals surface area contributed by atoms with E-state index in [1.165, 1.54) is 57.9 Å². The maximum Gasteiger partial charge on any atom is 0.265 e. The minimum atomic E-state index is -4.36. The van der Waals surface area contributed by atoms with Crippen LogP contribution in [-0.4, -0.2) is 53.0 Å². The fraction of sp³-hybridized carbons (Fsp3) is 0.200. The van der Waals surface area contributed by atoms with Crippen molar-refractivity contribution in [3.8, 4) is 22.9 Å². The second kappa shape index (κ2) is 13.8. The number of halogens is 3. The lowest BCUT2D eigenvalue weighted by Crippen LogP contribution is -2.39. The van der Waals surface area contributed by atoms with Gasteiger partial charge in [0, 0.05) is 33.1 Å². The number of carbonyl (C=O) groups excluding carboxylic acids is 1. The van der Waals surface area contributed by atoms with Gasteiger partial charge in [-0.05, 0) is 68.4 Å². The number of aryl methyl sites for hydroxylation is 1. The summed E-state index contributed by atoms with van der Waals surface area (Å²) in [4.78, 5) is 13.0. The number of carbonyl (C=O) groups is 1. The van der Waals surface area contributed by atoms with Gasteiger partial charge in [-0.3, -0.25) is 9.10 Å². The largest absolute Gasteiger partial charge is 0.495 e. The molecule has 44 heavy (non-hydrogen) atoms. The summed E-state index contributed by atoms with van der Waals surface area (Å²) >= 11 is 18.8. The normalized spacial score (nSPS) is 11.5. The first-order valence-corrected chi connectivity index (χ1v) is 15.5. The van der Waals surface area contributed by atoms with Gasteiger partial charge in [-0.1, -0.05) is 34.8 Å². The number of anilines is 1. The molecule has 0 radical (unpaired) electrons. The number of rotatable bonds is 11. The maximum absolute atomic E-state index is 14.0. The molecule has 4 rings (SSSR count). The minimum absolute atomic E-state index is 0.0517. The Morgan fingerprint density at radius 3 is 2.20 bits per heavy atom. The molecule has 232 valence electrons. The highest BCUT2D eigenvalue weighted by molar-refractivity contribution is 7.92. The van der Waals surface area contributed by atoms with Crippen LogP contribution >= 0.6 is 34.8 Å². The van der Waals surface area contributed by atoms with Crippen LogP contribution < -0.4 is 23.9 Å². The van der Waals surface area contributed by atoms with Crippen molar-refractivity contribution in [1.29, 1.82) is 0 Å². The fourth-order valence-corrected chi connectivity index (χ4v) is 6.52. The first-order valence-electron chi connectivity index (χ1n) is 13.0. The van der Waals surface area contributed by atoms with E-state index in [0.717, 1.165) is 15.7 Å². The van der Waals surface area contributed by atoms with Gasteiger partial charge in [0.25, 0.3) is 15.9 Å². The maximum atomic E-state index is 14.0. The summed E-state index contributed by atoms with van der Waals surface area (Å²) in [7, 11) is -0.158. The Bertz CT molecular complexity index is 1840. The lowest BCUT2D eigenvalue weighted by Gasteiger charge is -2.25. The highest BCUT2D eigenvalue weighted by Crippen LogP contribution is 2.37. The number of aromatic nitrogens is 1. The SMILES string of the molecule is COc1ccc(S(=O)(=O)N(CC(=O)N/N=C\c2cc(C)n(-c3cc(Cl)ccc3Cl)c2C)c2cc(Cl)ccc2OC)cc1OC. The number of nitrogens with zero attached hydrogens (tertiary/aromatic N) is 3. The predicted octanol–water partition coefficient (Wildman–Crippen LogP) is 6.43. The van der Waals surface area contributed by atoms with Crippen LogP contribution in [0, 0.1) is 13.8 Å². The molecule has 0 spiro atoms. The van der Waals surface area contributed by atoms with E-state index in [0.29, 0.717) is 27.0 Å². The summed E-state index contributed by atoms with van der Waals surface area (Å²) < 4.78 is 46.7. The third-order valence-corrected chi connectivity index (χ3v) is 9.20. The number of methoxy groups -OCH3 is 3. The van der Waals surface area contributed by atoms with Crippen molar-refractivity contribution in [2.75, 3.05) is 32.2 Å². The first kappa shape index (κ1) is 33.0. The van der Waals surface area contributed by atoms with Gasteiger partial charge < -0.3 is 18.8 Å². The van der Waals surface area contributed by atoms with Gasteiger partial charge >= 0.3 is 0 Å². The zero-order valence-electron chi connectivity index (χ0n) is 24.4. The van der Waals surface area contributed by atoms with E-state index < -0.39 is 22.5 Å². The quantitative estimate of drug-likeness (QED) is 0.145. The van der Waals surface area contributed by atoms with Crippen LogP contribution in [0.1, 0.15) is 17.0 Å². The molecule has 1 amide bonds. The Hall–Kier alpha value is -3.90. The second-order valence-electron chi connectivity index (χ2n) is 9.40. The van der Waals surface area contributed by atoms with Gasteiger partial charge in [0.2, 0.25) is 0 Å². The summed E-state index contributed by atoms with van der Waals surface area (Å²) in [6.45, 7) is 3.12. The van der Waals surface area contributed by atoms with Crippen molar-refractivity contribution >= 4 is 62.6 Å². The van der Waals surface area contributed by atoms with E-state index in [1.807, 2.05) is 24.5 Å². The monoisotopic (exact) mass is 678 g/mol. The number of hydrogen-bond acceptors (Lipinski definition) is 7. The number of hydrogen-bond donors (Lipinski definition) is 1. The van der Waals surface area contributed by atoms with E-state index in [-0.39, 0.29) is 27.1 Å². The van der Waals surface area contributed by atoms with Gasteiger partial charge in [-0.15, -0.1) is 0 Å². The zero-order valence-corrected chi connectivity index (χ0v) is 27.5. The molecule has 1 heterocycles. The molecule has 10 nitrogen and oxygen atoms in total. The molecular weight excluding hydrogens is 651 g/mol. The van der Waals surface area contributed by atoms with Gasteiger partial charge in [-0.25, -0.2) is 13.8 Å². The Balaban J connectivity index is 1.65. The number of amides is 1. The van der Waals surface area contributed by atoms with Gasteiger partial charge in [0.1, 0.15) is 12.3 Å². The lowest BCUT2D eigenvalue weighted by molar-refractivity contribution is -0.119. The van der Waals surface area contributed by atoms with Crippen LogP contribution in [0.5, 0.6) is 17.2 Å². The molecule has 0 aliphatic carbocycles. The van der Waals surface area contributed by atoms with Gasteiger partial charge in [0.15, 0.2) is 11.5 Å². The smallest absolute Gasteiger partial charge is 0.265 e. The molecule has 0 aliphatic rings. The van der Waals surface area contributed by atoms with Gasteiger partial charge in [0.05, 0.1) is 48.8 Å². The van der Waals surface area contributed by atoms with Crippen LogP contribution in [0.3, 0.4) is 0 Å². The molecule has 0 atom stereocenters. The summed E-state index contributed by atoms with van der Waals surface area (Å²) in [6, 6.07) is 15.6.